The minimum atomic E-state index is 0.565. The van der Waals surface area contributed by atoms with Crippen LogP contribution in [0.25, 0.3) is 11.3 Å². The molecule has 0 aliphatic carbocycles. The van der Waals surface area contributed by atoms with E-state index in [1.165, 1.54) is 0 Å². The Morgan fingerprint density at radius 3 is 2.21 bits per heavy atom. The Bertz CT molecular complexity index is 662. The van der Waals surface area contributed by atoms with Crippen molar-refractivity contribution in [2.75, 3.05) is 0 Å². The first-order valence-electron chi connectivity index (χ1n) is 6.03. The van der Waals surface area contributed by atoms with Crippen molar-refractivity contribution in [3.05, 3.63) is 71.4 Å². The molecule has 0 amide bonds. The minimum Gasteiger partial charge on any atom is -0.229 e. The largest absolute Gasteiger partial charge is 0.229 e. The van der Waals surface area contributed by atoms with Crippen LogP contribution in [0.15, 0.2) is 60.7 Å². The zero-order valence-corrected chi connectivity index (χ0v) is 11.0. The van der Waals surface area contributed by atoms with Gasteiger partial charge in [-0.1, -0.05) is 77.5 Å². The number of hydrogen-bond donors (Lipinski definition) is 0. The van der Waals surface area contributed by atoms with Gasteiger partial charge in [-0.2, -0.15) is 0 Å². The molecular formula is C15H12ClN3. The van der Waals surface area contributed by atoms with E-state index in [4.69, 9.17) is 11.6 Å². The van der Waals surface area contributed by atoms with Crippen LogP contribution in [-0.2, 0) is 6.54 Å². The second kappa shape index (κ2) is 5.24. The number of aromatic nitrogens is 3. The highest BCUT2D eigenvalue weighted by atomic mass is 35.5. The monoisotopic (exact) mass is 269 g/mol. The Morgan fingerprint density at radius 1 is 0.895 bits per heavy atom. The van der Waals surface area contributed by atoms with Gasteiger partial charge in [0.15, 0.2) is 5.15 Å². The van der Waals surface area contributed by atoms with Gasteiger partial charge in [0.2, 0.25) is 0 Å². The van der Waals surface area contributed by atoms with E-state index in [-0.39, 0.29) is 0 Å². The second-order valence-electron chi connectivity index (χ2n) is 4.24. The molecule has 3 nitrogen and oxygen atoms in total. The van der Waals surface area contributed by atoms with E-state index in [1.807, 2.05) is 60.7 Å². The van der Waals surface area contributed by atoms with Crippen molar-refractivity contribution in [3.8, 4) is 11.3 Å². The standard InChI is InChI=1S/C15H12ClN3/c16-15-14(13-9-5-2-6-10-13)17-18-19(15)11-12-7-3-1-4-8-12/h1-10H,11H2. The maximum absolute atomic E-state index is 6.35. The molecule has 0 saturated heterocycles. The maximum atomic E-state index is 6.35. The van der Waals surface area contributed by atoms with E-state index in [2.05, 4.69) is 10.3 Å². The average molecular weight is 270 g/mol. The molecule has 0 spiro atoms. The van der Waals surface area contributed by atoms with Crippen molar-refractivity contribution >= 4 is 11.6 Å². The van der Waals surface area contributed by atoms with Crippen LogP contribution in [0, 0.1) is 0 Å². The van der Waals surface area contributed by atoms with Crippen molar-refractivity contribution in [3.63, 3.8) is 0 Å². The summed E-state index contributed by atoms with van der Waals surface area (Å²) >= 11 is 6.35. The first-order chi connectivity index (χ1) is 9.34. The normalized spacial score (nSPS) is 10.6. The molecule has 0 N–H and O–H groups in total. The zero-order chi connectivity index (χ0) is 13.1. The average Bonchev–Trinajstić information content (AvgIpc) is 2.82. The summed E-state index contributed by atoms with van der Waals surface area (Å²) < 4.78 is 1.71. The van der Waals surface area contributed by atoms with Gasteiger partial charge in [0.1, 0.15) is 5.69 Å². The van der Waals surface area contributed by atoms with Crippen LogP contribution in [0.3, 0.4) is 0 Å². The van der Waals surface area contributed by atoms with Crippen molar-refractivity contribution in [1.82, 2.24) is 15.0 Å². The fourth-order valence-electron chi connectivity index (χ4n) is 1.93. The molecule has 0 saturated carbocycles. The summed E-state index contributed by atoms with van der Waals surface area (Å²) in [7, 11) is 0. The Labute approximate surface area is 116 Å². The predicted octanol–water partition coefficient (Wildman–Crippen LogP) is 3.65. The smallest absolute Gasteiger partial charge is 0.155 e. The van der Waals surface area contributed by atoms with Gasteiger partial charge >= 0.3 is 0 Å². The van der Waals surface area contributed by atoms with Crippen LogP contribution in [0.5, 0.6) is 0 Å². The molecule has 0 aliphatic rings. The Balaban J connectivity index is 1.92. The van der Waals surface area contributed by atoms with E-state index in [0.29, 0.717) is 11.7 Å². The molecule has 0 atom stereocenters. The van der Waals surface area contributed by atoms with E-state index >= 15 is 0 Å². The summed E-state index contributed by atoms with van der Waals surface area (Å²) in [6, 6.07) is 19.9. The number of nitrogens with zero attached hydrogens (tertiary/aromatic N) is 3. The van der Waals surface area contributed by atoms with Crippen molar-refractivity contribution < 1.29 is 0 Å². The molecule has 1 aromatic heterocycles. The van der Waals surface area contributed by atoms with Crippen molar-refractivity contribution in [2.24, 2.45) is 0 Å². The van der Waals surface area contributed by atoms with E-state index in [1.54, 1.807) is 4.68 Å². The summed E-state index contributed by atoms with van der Waals surface area (Å²) in [6.07, 6.45) is 0. The fraction of sp³-hybridized carbons (Fsp3) is 0.0667. The van der Waals surface area contributed by atoms with Gasteiger partial charge in [0.25, 0.3) is 0 Å². The topological polar surface area (TPSA) is 30.7 Å². The van der Waals surface area contributed by atoms with Gasteiger partial charge in [-0.25, -0.2) is 4.68 Å². The highest BCUT2D eigenvalue weighted by Gasteiger charge is 2.12. The molecule has 0 aliphatic heterocycles. The highest BCUT2D eigenvalue weighted by Crippen LogP contribution is 2.25. The lowest BCUT2D eigenvalue weighted by Gasteiger charge is -2.02. The lowest BCUT2D eigenvalue weighted by Crippen LogP contribution is -2.01. The number of halogens is 1. The van der Waals surface area contributed by atoms with Crippen LogP contribution < -0.4 is 0 Å². The van der Waals surface area contributed by atoms with Crippen LogP contribution in [-0.4, -0.2) is 15.0 Å². The van der Waals surface area contributed by atoms with E-state index < -0.39 is 0 Å². The third kappa shape index (κ3) is 2.51. The molecule has 0 radical (unpaired) electrons. The fourth-order valence-corrected chi connectivity index (χ4v) is 2.17. The summed E-state index contributed by atoms with van der Waals surface area (Å²) in [5.74, 6) is 0. The molecule has 3 rings (SSSR count). The molecule has 0 bridgehead atoms. The quantitative estimate of drug-likeness (QED) is 0.727. The third-order valence-corrected chi connectivity index (χ3v) is 3.27. The van der Waals surface area contributed by atoms with Crippen LogP contribution in [0.4, 0.5) is 0 Å². The third-order valence-electron chi connectivity index (χ3n) is 2.90. The van der Waals surface area contributed by atoms with Gasteiger partial charge in [-0.3, -0.25) is 0 Å². The zero-order valence-electron chi connectivity index (χ0n) is 10.2. The SMILES string of the molecule is Clc1c(-c2ccccc2)nnn1Cc1ccccc1. The molecule has 4 heteroatoms. The van der Waals surface area contributed by atoms with E-state index in [0.717, 1.165) is 16.8 Å². The predicted molar refractivity (Wildman–Crippen MR) is 76.0 cm³/mol. The van der Waals surface area contributed by atoms with Gasteiger partial charge in [0, 0.05) is 5.56 Å². The lowest BCUT2D eigenvalue weighted by molar-refractivity contribution is 0.650. The summed E-state index contributed by atoms with van der Waals surface area (Å²) in [6.45, 7) is 0.625. The first-order valence-corrected chi connectivity index (χ1v) is 6.41. The summed E-state index contributed by atoms with van der Waals surface area (Å²) in [4.78, 5) is 0. The summed E-state index contributed by atoms with van der Waals surface area (Å²) in [5.41, 5.74) is 2.85. The molecule has 1 heterocycles. The van der Waals surface area contributed by atoms with Crippen LogP contribution >= 0.6 is 11.6 Å². The van der Waals surface area contributed by atoms with Crippen LogP contribution in [0.1, 0.15) is 5.56 Å². The number of benzene rings is 2. The number of hydrogen-bond acceptors (Lipinski definition) is 2. The molecule has 0 unspecified atom stereocenters. The molecule has 3 aromatic rings. The maximum Gasteiger partial charge on any atom is 0.155 e. The molecular weight excluding hydrogens is 258 g/mol. The van der Waals surface area contributed by atoms with E-state index in [9.17, 15) is 0 Å². The summed E-state index contributed by atoms with van der Waals surface area (Å²) in [5, 5.41) is 8.85. The molecule has 2 aromatic carbocycles. The van der Waals surface area contributed by atoms with Gasteiger partial charge in [0.05, 0.1) is 6.54 Å². The minimum absolute atomic E-state index is 0.565. The molecule has 0 fully saturated rings. The Morgan fingerprint density at radius 2 is 1.53 bits per heavy atom. The first kappa shape index (κ1) is 11.9. The van der Waals surface area contributed by atoms with Gasteiger partial charge < -0.3 is 0 Å². The second-order valence-corrected chi connectivity index (χ2v) is 4.60. The van der Waals surface area contributed by atoms with Crippen molar-refractivity contribution in [2.45, 2.75) is 6.54 Å². The highest BCUT2D eigenvalue weighted by molar-refractivity contribution is 6.32. The van der Waals surface area contributed by atoms with Gasteiger partial charge in [-0.15, -0.1) is 5.10 Å². The molecule has 19 heavy (non-hydrogen) atoms. The lowest BCUT2D eigenvalue weighted by atomic mass is 10.2. The Kier molecular flexibility index (Phi) is 3.29. The van der Waals surface area contributed by atoms with Gasteiger partial charge in [-0.05, 0) is 5.56 Å². The van der Waals surface area contributed by atoms with Crippen molar-refractivity contribution in [1.29, 1.82) is 0 Å². The number of rotatable bonds is 3. The Hall–Kier alpha value is -2.13. The molecule has 94 valence electrons. The van der Waals surface area contributed by atoms with Crippen LogP contribution in [0.2, 0.25) is 5.15 Å².